The number of Topliss-reactive ketones (excluding diaryl/α,β-unsaturated/α-hetero) is 1. The minimum Gasteiger partial charge on any atom is -0.373 e. The van der Waals surface area contributed by atoms with Gasteiger partial charge in [0.15, 0.2) is 0 Å². The number of benzene rings is 1. The third-order valence-electron chi connectivity index (χ3n) is 6.21. The van der Waals surface area contributed by atoms with E-state index in [-0.39, 0.29) is 6.10 Å². The number of carbonyl (C=O) groups is 1. The van der Waals surface area contributed by atoms with Gasteiger partial charge in [-0.05, 0) is 49.7 Å². The highest BCUT2D eigenvalue weighted by Gasteiger charge is 2.42. The minimum absolute atomic E-state index is 0.199. The summed E-state index contributed by atoms with van der Waals surface area (Å²) in [6.07, 6.45) is 5.84. The van der Waals surface area contributed by atoms with Crippen molar-refractivity contribution in [2.45, 2.75) is 84.8 Å². The maximum Gasteiger partial charge on any atom is 0.145 e. The van der Waals surface area contributed by atoms with E-state index in [1.807, 2.05) is 45.9 Å². The van der Waals surface area contributed by atoms with Gasteiger partial charge in [0, 0.05) is 29.9 Å². The number of hydrogen-bond acceptors (Lipinski definition) is 4. The Morgan fingerprint density at radius 3 is 2.16 bits per heavy atom. The summed E-state index contributed by atoms with van der Waals surface area (Å²) in [6.45, 7) is 8.45. The zero-order valence-electron chi connectivity index (χ0n) is 18.9. The first-order valence-electron chi connectivity index (χ1n) is 11.7. The third-order valence-corrected chi connectivity index (χ3v) is 6.84. The Hall–Kier alpha value is -1.36. The summed E-state index contributed by atoms with van der Waals surface area (Å²) < 4.78 is 12.0. The number of rotatable bonds is 5. The summed E-state index contributed by atoms with van der Waals surface area (Å²) in [4.78, 5) is 11.6. The van der Waals surface area contributed by atoms with E-state index in [0.717, 1.165) is 49.8 Å². The third kappa shape index (κ3) is 5.35. The smallest absolute Gasteiger partial charge is 0.145 e. The van der Waals surface area contributed by atoms with Crippen LogP contribution in [0.25, 0.3) is 11.3 Å². The fourth-order valence-corrected chi connectivity index (χ4v) is 5.29. The van der Waals surface area contributed by atoms with Gasteiger partial charge in [-0.2, -0.15) is 0 Å². The molecule has 5 rings (SSSR count). The van der Waals surface area contributed by atoms with E-state index >= 15 is 0 Å². The zero-order valence-corrected chi connectivity index (χ0v) is 20.4. The van der Waals surface area contributed by atoms with Crippen molar-refractivity contribution in [1.82, 2.24) is 5.16 Å². The van der Waals surface area contributed by atoms with Crippen molar-refractivity contribution in [1.29, 1.82) is 0 Å². The Morgan fingerprint density at radius 1 is 1.03 bits per heavy atom. The van der Waals surface area contributed by atoms with Crippen LogP contribution in [0.1, 0.15) is 83.5 Å². The molecule has 6 heteroatoms. The molecule has 0 amide bonds. The molecule has 1 aromatic heterocycles. The highest BCUT2D eigenvalue weighted by molar-refractivity contribution is 6.39. The minimum atomic E-state index is 0.199. The average Bonchev–Trinajstić information content (AvgIpc) is 3.29. The van der Waals surface area contributed by atoms with Gasteiger partial charge in [0.1, 0.15) is 17.2 Å². The number of hydrogen-bond donors (Lipinski definition) is 0. The van der Waals surface area contributed by atoms with Crippen LogP contribution in [0.3, 0.4) is 0 Å². The molecule has 31 heavy (non-hydrogen) atoms. The maximum atomic E-state index is 11.6. The van der Waals surface area contributed by atoms with Gasteiger partial charge in [0.2, 0.25) is 0 Å². The molecule has 3 aliphatic carbocycles. The topological polar surface area (TPSA) is 52.3 Å². The molecule has 170 valence electrons. The van der Waals surface area contributed by atoms with Crippen LogP contribution in [-0.2, 0) is 16.1 Å². The highest BCUT2D eigenvalue weighted by atomic mass is 35.5. The SMILES string of the molecule is CC.CC.O=C1CC2CC(OCc3c(-c4c(Cl)cccc4Cl)noc3C3CC3)CC2C1. The van der Waals surface area contributed by atoms with Crippen LogP contribution in [0.4, 0.5) is 0 Å². The van der Waals surface area contributed by atoms with Crippen molar-refractivity contribution in [2.24, 2.45) is 11.8 Å². The molecule has 3 fully saturated rings. The molecule has 3 saturated carbocycles. The quantitative estimate of drug-likeness (QED) is 0.450. The van der Waals surface area contributed by atoms with Gasteiger partial charge in [-0.1, -0.05) is 62.1 Å². The predicted octanol–water partition coefficient (Wildman–Crippen LogP) is 7.85. The molecular formula is C25H33Cl2NO3. The van der Waals surface area contributed by atoms with Gasteiger partial charge in [0.25, 0.3) is 0 Å². The molecule has 0 aliphatic heterocycles. The predicted molar refractivity (Wildman–Crippen MR) is 126 cm³/mol. The van der Waals surface area contributed by atoms with E-state index in [1.54, 1.807) is 0 Å². The van der Waals surface area contributed by atoms with Crippen molar-refractivity contribution in [3.63, 3.8) is 0 Å². The molecule has 4 nitrogen and oxygen atoms in total. The Bertz CT molecular complexity index is 855. The molecule has 1 aromatic carbocycles. The normalized spacial score (nSPS) is 24.2. The molecule has 1 heterocycles. The van der Waals surface area contributed by atoms with Gasteiger partial charge in [-0.3, -0.25) is 4.79 Å². The molecule has 0 N–H and O–H groups in total. The van der Waals surface area contributed by atoms with Gasteiger partial charge in [0.05, 0.1) is 22.8 Å². The lowest BCUT2D eigenvalue weighted by Gasteiger charge is -2.14. The first kappa shape index (κ1) is 24.3. The summed E-state index contributed by atoms with van der Waals surface area (Å²) in [7, 11) is 0. The first-order chi connectivity index (χ1) is 15.1. The fraction of sp³-hybridized carbons (Fsp3) is 0.600. The summed E-state index contributed by atoms with van der Waals surface area (Å²) in [5.41, 5.74) is 2.38. The number of fused-ring (bicyclic) bond motifs is 1. The summed E-state index contributed by atoms with van der Waals surface area (Å²) in [6, 6.07) is 5.45. The number of ether oxygens (including phenoxy) is 1. The lowest BCUT2D eigenvalue weighted by Crippen LogP contribution is -2.11. The van der Waals surface area contributed by atoms with Crippen LogP contribution < -0.4 is 0 Å². The number of nitrogens with zero attached hydrogens (tertiary/aromatic N) is 1. The molecule has 2 atom stereocenters. The zero-order chi connectivity index (χ0) is 22.5. The molecule has 2 aromatic rings. The number of halogens is 2. The second kappa shape index (κ2) is 11.0. The first-order valence-corrected chi connectivity index (χ1v) is 12.4. The molecule has 0 spiro atoms. The van der Waals surface area contributed by atoms with Crippen LogP contribution in [-0.4, -0.2) is 17.0 Å². The molecule has 2 unspecified atom stereocenters. The van der Waals surface area contributed by atoms with Gasteiger partial charge >= 0.3 is 0 Å². The van der Waals surface area contributed by atoms with E-state index < -0.39 is 0 Å². The Labute approximate surface area is 195 Å². The van der Waals surface area contributed by atoms with E-state index in [1.165, 1.54) is 0 Å². The number of ketones is 1. The van der Waals surface area contributed by atoms with E-state index in [4.69, 9.17) is 32.5 Å². The molecule has 0 bridgehead atoms. The van der Waals surface area contributed by atoms with Crippen molar-refractivity contribution in [2.75, 3.05) is 0 Å². The van der Waals surface area contributed by atoms with E-state index in [2.05, 4.69) is 5.16 Å². The van der Waals surface area contributed by atoms with Crippen molar-refractivity contribution < 1.29 is 14.1 Å². The summed E-state index contributed by atoms with van der Waals surface area (Å²) in [5.74, 6) is 2.76. The number of aromatic nitrogens is 1. The molecule has 0 saturated heterocycles. The van der Waals surface area contributed by atoms with Crippen LogP contribution in [0.15, 0.2) is 22.7 Å². The second-order valence-corrected chi connectivity index (χ2v) is 8.93. The largest absolute Gasteiger partial charge is 0.373 e. The van der Waals surface area contributed by atoms with E-state index in [0.29, 0.717) is 51.4 Å². The molecule has 3 aliphatic rings. The molecule has 0 radical (unpaired) electrons. The van der Waals surface area contributed by atoms with Crippen LogP contribution in [0.2, 0.25) is 10.0 Å². The van der Waals surface area contributed by atoms with Gasteiger partial charge in [-0.25, -0.2) is 0 Å². The summed E-state index contributed by atoms with van der Waals surface area (Å²) in [5, 5.41) is 5.44. The van der Waals surface area contributed by atoms with Gasteiger partial charge in [-0.15, -0.1) is 0 Å². The maximum absolute atomic E-state index is 11.6. The summed E-state index contributed by atoms with van der Waals surface area (Å²) >= 11 is 12.8. The monoisotopic (exact) mass is 465 g/mol. The Balaban J connectivity index is 0.000000645. The average molecular weight is 466 g/mol. The van der Waals surface area contributed by atoms with Gasteiger partial charge < -0.3 is 9.26 Å². The van der Waals surface area contributed by atoms with Crippen LogP contribution in [0.5, 0.6) is 0 Å². The second-order valence-electron chi connectivity index (χ2n) is 8.12. The molecular weight excluding hydrogens is 433 g/mol. The van der Waals surface area contributed by atoms with E-state index in [9.17, 15) is 4.79 Å². The Morgan fingerprint density at radius 2 is 1.61 bits per heavy atom. The standard InChI is InChI=1S/C21H21Cl2NO3.2C2H6/c22-17-2-1-3-18(23)19(17)20-16(21(27-24-20)11-4-5-11)10-26-15-8-12-6-14(25)7-13(12)9-15;2*1-2/h1-3,11-13,15H,4-10H2;2*1-2H3. The lowest BCUT2D eigenvalue weighted by atomic mass is 10.0. The van der Waals surface area contributed by atoms with Crippen LogP contribution in [0, 0.1) is 11.8 Å². The van der Waals surface area contributed by atoms with Crippen LogP contribution >= 0.6 is 23.2 Å². The number of carbonyl (C=O) groups excluding carboxylic acids is 1. The van der Waals surface area contributed by atoms with Crippen molar-refractivity contribution in [3.05, 3.63) is 39.6 Å². The highest BCUT2D eigenvalue weighted by Crippen LogP contribution is 2.47. The fourth-order valence-electron chi connectivity index (χ4n) is 4.71. The lowest BCUT2D eigenvalue weighted by molar-refractivity contribution is -0.118. The van der Waals surface area contributed by atoms with Crippen molar-refractivity contribution in [3.8, 4) is 11.3 Å². The Kier molecular flexibility index (Phi) is 8.60. The van der Waals surface area contributed by atoms with Crippen molar-refractivity contribution >= 4 is 29.0 Å².